The van der Waals surface area contributed by atoms with Crippen molar-refractivity contribution in [1.82, 2.24) is 0 Å². The molecule has 1 fully saturated rings. The van der Waals surface area contributed by atoms with Crippen LogP contribution in [0.4, 0.5) is 0 Å². The predicted octanol–water partition coefficient (Wildman–Crippen LogP) is 6.97. The Bertz CT molecular complexity index is 746. The minimum Gasteiger partial charge on any atom is -0.295 e. The molecule has 0 heterocycles. The summed E-state index contributed by atoms with van der Waals surface area (Å²) in [4.78, 5) is 11.9. The highest BCUT2D eigenvalue weighted by Gasteiger charge is 2.28. The lowest BCUT2D eigenvalue weighted by Crippen LogP contribution is -2.24. The molecule has 2 aromatic rings. The van der Waals surface area contributed by atoms with E-state index in [1.165, 1.54) is 47.6 Å². The summed E-state index contributed by atoms with van der Waals surface area (Å²) in [5.74, 6) is 1.48. The van der Waals surface area contributed by atoms with Gasteiger partial charge in [-0.25, -0.2) is 0 Å². The zero-order chi connectivity index (χ0) is 19.2. The minimum absolute atomic E-state index is 0.126. The fourth-order valence-electron chi connectivity index (χ4n) is 4.47. The second-order valence-electron chi connectivity index (χ2n) is 8.08. The summed E-state index contributed by atoms with van der Waals surface area (Å²) in [6.45, 7) is 7.92. The number of carbonyl (C=O) groups is 1. The molecule has 142 valence electrons. The maximum Gasteiger partial charge on any atom is 0.158 e. The van der Waals surface area contributed by atoms with E-state index in [-0.39, 0.29) is 11.7 Å². The highest BCUT2D eigenvalue weighted by molar-refractivity contribution is 5.91. The van der Waals surface area contributed by atoms with Gasteiger partial charge in [0.25, 0.3) is 0 Å². The maximum absolute atomic E-state index is 11.9. The molecule has 1 unspecified atom stereocenters. The van der Waals surface area contributed by atoms with Gasteiger partial charge in [-0.3, -0.25) is 4.79 Å². The third-order valence-electron chi connectivity index (χ3n) is 6.34. The standard InChI is InChI=1S/C26H32O/c1-4-6-20-7-9-22(10-8-20)24-15-17-25(18-16-24)23-13-11-21(12-14-23)19(3)26(27)5-2/h5,7-10,15-19,21,23H,2,4,6,11-14H2,1,3H3. The summed E-state index contributed by atoms with van der Waals surface area (Å²) in [7, 11) is 0. The fraction of sp³-hybridized carbons (Fsp3) is 0.423. The SMILES string of the molecule is C=CC(=O)C(C)C1CCC(c2ccc(-c3ccc(CCC)cc3)cc2)CC1. The third kappa shape index (κ3) is 4.77. The molecule has 1 heteroatoms. The van der Waals surface area contributed by atoms with Gasteiger partial charge in [-0.05, 0) is 72.3 Å². The molecular formula is C26H32O. The van der Waals surface area contributed by atoms with Crippen molar-refractivity contribution in [3.8, 4) is 11.1 Å². The summed E-state index contributed by atoms with van der Waals surface area (Å²) >= 11 is 0. The van der Waals surface area contributed by atoms with Crippen molar-refractivity contribution in [3.63, 3.8) is 0 Å². The van der Waals surface area contributed by atoms with Crippen LogP contribution < -0.4 is 0 Å². The Morgan fingerprint density at radius 3 is 2.07 bits per heavy atom. The van der Waals surface area contributed by atoms with E-state index < -0.39 is 0 Å². The van der Waals surface area contributed by atoms with Crippen molar-refractivity contribution >= 4 is 5.78 Å². The Morgan fingerprint density at radius 1 is 1.00 bits per heavy atom. The van der Waals surface area contributed by atoms with Crippen LogP contribution in [0.5, 0.6) is 0 Å². The van der Waals surface area contributed by atoms with Crippen LogP contribution in [0.3, 0.4) is 0 Å². The maximum atomic E-state index is 11.9. The molecular weight excluding hydrogens is 328 g/mol. The van der Waals surface area contributed by atoms with Crippen LogP contribution in [0.1, 0.15) is 63.0 Å². The minimum atomic E-state index is 0.126. The van der Waals surface area contributed by atoms with Crippen LogP contribution in [0, 0.1) is 11.8 Å². The van der Waals surface area contributed by atoms with E-state index in [9.17, 15) is 4.79 Å². The molecule has 3 rings (SSSR count). The predicted molar refractivity (Wildman–Crippen MR) is 115 cm³/mol. The quantitative estimate of drug-likeness (QED) is 0.487. The van der Waals surface area contributed by atoms with E-state index in [4.69, 9.17) is 0 Å². The first kappa shape index (κ1) is 19.6. The molecule has 1 aliphatic rings. The summed E-state index contributed by atoms with van der Waals surface area (Å²) in [6, 6.07) is 18.1. The number of rotatable bonds is 7. The van der Waals surface area contributed by atoms with Crippen molar-refractivity contribution in [3.05, 3.63) is 72.3 Å². The Labute approximate surface area is 164 Å². The monoisotopic (exact) mass is 360 g/mol. The van der Waals surface area contributed by atoms with Crippen LogP contribution in [0.25, 0.3) is 11.1 Å². The highest BCUT2D eigenvalue weighted by Crippen LogP contribution is 2.39. The molecule has 0 N–H and O–H groups in total. The molecule has 0 spiro atoms. The van der Waals surface area contributed by atoms with E-state index in [1.807, 2.05) is 0 Å². The van der Waals surface area contributed by atoms with Gasteiger partial charge in [-0.2, -0.15) is 0 Å². The third-order valence-corrected chi connectivity index (χ3v) is 6.34. The second kappa shape index (κ2) is 9.17. The number of aryl methyl sites for hydroxylation is 1. The molecule has 0 saturated heterocycles. The van der Waals surface area contributed by atoms with Crippen LogP contribution in [0.2, 0.25) is 0 Å². The molecule has 1 nitrogen and oxygen atoms in total. The van der Waals surface area contributed by atoms with Gasteiger partial charge < -0.3 is 0 Å². The van der Waals surface area contributed by atoms with Gasteiger partial charge in [0.2, 0.25) is 0 Å². The van der Waals surface area contributed by atoms with E-state index in [0.29, 0.717) is 11.8 Å². The highest BCUT2D eigenvalue weighted by atomic mass is 16.1. The van der Waals surface area contributed by atoms with Crippen molar-refractivity contribution in [1.29, 1.82) is 0 Å². The lowest BCUT2D eigenvalue weighted by atomic mass is 9.73. The van der Waals surface area contributed by atoms with Crippen LogP contribution in [-0.2, 0) is 11.2 Å². The van der Waals surface area contributed by atoms with Crippen molar-refractivity contribution in [2.24, 2.45) is 11.8 Å². The number of benzene rings is 2. The molecule has 27 heavy (non-hydrogen) atoms. The zero-order valence-electron chi connectivity index (χ0n) is 16.8. The Morgan fingerprint density at radius 2 is 1.56 bits per heavy atom. The smallest absolute Gasteiger partial charge is 0.158 e. The number of ketones is 1. The molecule has 0 aliphatic heterocycles. The first-order valence-corrected chi connectivity index (χ1v) is 10.5. The first-order valence-electron chi connectivity index (χ1n) is 10.5. The van der Waals surface area contributed by atoms with Gasteiger partial charge in [0, 0.05) is 5.92 Å². The summed E-state index contributed by atoms with van der Waals surface area (Å²) in [5, 5.41) is 0. The average molecular weight is 361 g/mol. The van der Waals surface area contributed by atoms with Gasteiger partial charge in [0.15, 0.2) is 5.78 Å². The van der Waals surface area contributed by atoms with Gasteiger partial charge in [0.05, 0.1) is 0 Å². The molecule has 1 atom stereocenters. The fourth-order valence-corrected chi connectivity index (χ4v) is 4.47. The zero-order valence-corrected chi connectivity index (χ0v) is 16.8. The molecule has 0 amide bonds. The molecule has 0 radical (unpaired) electrons. The van der Waals surface area contributed by atoms with Gasteiger partial charge >= 0.3 is 0 Å². The lowest BCUT2D eigenvalue weighted by Gasteiger charge is -2.31. The second-order valence-corrected chi connectivity index (χ2v) is 8.08. The lowest BCUT2D eigenvalue weighted by molar-refractivity contribution is -0.119. The number of hydrogen-bond acceptors (Lipinski definition) is 1. The van der Waals surface area contributed by atoms with Crippen molar-refractivity contribution < 1.29 is 4.79 Å². The van der Waals surface area contributed by atoms with Crippen molar-refractivity contribution in [2.45, 2.75) is 58.3 Å². The Kier molecular flexibility index (Phi) is 6.66. The van der Waals surface area contributed by atoms with Gasteiger partial charge in [-0.1, -0.05) is 75.4 Å². The summed E-state index contributed by atoms with van der Waals surface area (Å²) < 4.78 is 0. The molecule has 1 saturated carbocycles. The summed E-state index contributed by atoms with van der Waals surface area (Å²) in [6.07, 6.45) is 8.49. The first-order chi connectivity index (χ1) is 13.1. The van der Waals surface area contributed by atoms with E-state index in [1.54, 1.807) is 0 Å². The largest absolute Gasteiger partial charge is 0.295 e. The topological polar surface area (TPSA) is 17.1 Å². The average Bonchev–Trinajstić information content (AvgIpc) is 2.74. The van der Waals surface area contributed by atoms with Crippen LogP contribution in [-0.4, -0.2) is 5.78 Å². The molecule has 0 bridgehead atoms. The van der Waals surface area contributed by atoms with Gasteiger partial charge in [-0.15, -0.1) is 0 Å². The number of carbonyl (C=O) groups excluding carboxylic acids is 1. The van der Waals surface area contributed by atoms with Crippen molar-refractivity contribution in [2.75, 3.05) is 0 Å². The normalized spacial score (nSPS) is 20.8. The van der Waals surface area contributed by atoms with Crippen LogP contribution in [0.15, 0.2) is 61.2 Å². The number of allylic oxidation sites excluding steroid dienone is 1. The van der Waals surface area contributed by atoms with Crippen LogP contribution >= 0.6 is 0 Å². The molecule has 1 aliphatic carbocycles. The van der Waals surface area contributed by atoms with E-state index >= 15 is 0 Å². The van der Waals surface area contributed by atoms with E-state index in [2.05, 4.69) is 69.0 Å². The summed E-state index contributed by atoms with van der Waals surface area (Å²) in [5.41, 5.74) is 5.45. The Balaban J connectivity index is 1.61. The van der Waals surface area contributed by atoms with E-state index in [0.717, 1.165) is 19.3 Å². The Hall–Kier alpha value is -2.15. The van der Waals surface area contributed by atoms with Gasteiger partial charge in [0.1, 0.15) is 0 Å². The number of hydrogen-bond donors (Lipinski definition) is 0. The molecule has 0 aromatic heterocycles. The molecule has 2 aromatic carbocycles.